The molecule has 3 rings (SSSR count). The van der Waals surface area contributed by atoms with Gasteiger partial charge in [0.05, 0.1) is 21.8 Å². The zero-order chi connectivity index (χ0) is 20.8. The maximum atomic E-state index is 12.1. The summed E-state index contributed by atoms with van der Waals surface area (Å²) < 4.78 is 5.34. The molecule has 1 amide bonds. The molecule has 0 aliphatic carbocycles. The molecule has 0 aliphatic heterocycles. The molecule has 146 valence electrons. The number of hydrogen-bond acceptors (Lipinski definition) is 4. The Hall–Kier alpha value is -3.15. The molecule has 3 aromatic carbocycles. The average Bonchev–Trinajstić information content (AvgIpc) is 2.71. The van der Waals surface area contributed by atoms with E-state index in [9.17, 15) is 9.59 Å². The van der Waals surface area contributed by atoms with Crippen LogP contribution in [0.15, 0.2) is 71.8 Å². The molecule has 1 N–H and O–H groups in total. The Labute approximate surface area is 177 Å². The van der Waals surface area contributed by atoms with Gasteiger partial charge in [-0.3, -0.25) is 4.79 Å². The molecule has 0 heterocycles. The van der Waals surface area contributed by atoms with Crippen molar-refractivity contribution in [3.8, 4) is 5.75 Å². The van der Waals surface area contributed by atoms with E-state index in [0.717, 1.165) is 11.1 Å². The molecule has 0 atom stereocenters. The van der Waals surface area contributed by atoms with Gasteiger partial charge in [0, 0.05) is 5.56 Å². The van der Waals surface area contributed by atoms with E-state index in [4.69, 9.17) is 27.9 Å². The normalized spacial score (nSPS) is 10.7. The predicted molar refractivity (Wildman–Crippen MR) is 114 cm³/mol. The first-order chi connectivity index (χ1) is 13.9. The smallest absolute Gasteiger partial charge is 0.343 e. The van der Waals surface area contributed by atoms with Crippen molar-refractivity contribution in [2.75, 3.05) is 0 Å². The lowest BCUT2D eigenvalue weighted by molar-refractivity contribution is 0.0734. The standard InChI is InChI=1S/C22H16Cl2N2O3/c1-14-2-6-16(7-3-14)22(28)29-18-9-4-15(5-10-18)13-25-26-21(27)17-8-11-19(23)20(24)12-17/h2-13H,1H3,(H,26,27)/b25-13+. The van der Waals surface area contributed by atoms with Crippen molar-refractivity contribution in [2.24, 2.45) is 5.10 Å². The fourth-order valence-electron chi connectivity index (χ4n) is 2.34. The van der Waals surface area contributed by atoms with E-state index in [1.165, 1.54) is 12.3 Å². The summed E-state index contributed by atoms with van der Waals surface area (Å²) in [6.07, 6.45) is 1.47. The minimum Gasteiger partial charge on any atom is -0.423 e. The van der Waals surface area contributed by atoms with Crippen LogP contribution >= 0.6 is 23.2 Å². The average molecular weight is 427 g/mol. The van der Waals surface area contributed by atoms with Gasteiger partial charge in [0.1, 0.15) is 5.75 Å². The molecule has 0 saturated carbocycles. The molecule has 5 nitrogen and oxygen atoms in total. The number of ether oxygens (including phenoxy) is 1. The summed E-state index contributed by atoms with van der Waals surface area (Å²) in [5.74, 6) is -0.434. The Kier molecular flexibility index (Phi) is 6.65. The molecular weight excluding hydrogens is 411 g/mol. The van der Waals surface area contributed by atoms with Crippen molar-refractivity contribution in [1.29, 1.82) is 0 Å². The van der Waals surface area contributed by atoms with E-state index >= 15 is 0 Å². The Morgan fingerprint density at radius 2 is 1.55 bits per heavy atom. The van der Waals surface area contributed by atoms with Crippen LogP contribution < -0.4 is 10.2 Å². The van der Waals surface area contributed by atoms with E-state index in [2.05, 4.69) is 10.5 Å². The van der Waals surface area contributed by atoms with Crippen molar-refractivity contribution in [1.82, 2.24) is 5.43 Å². The lowest BCUT2D eigenvalue weighted by atomic mass is 10.1. The molecule has 0 bridgehead atoms. The number of aryl methyl sites for hydroxylation is 1. The zero-order valence-corrected chi connectivity index (χ0v) is 16.9. The number of nitrogens with zero attached hydrogens (tertiary/aromatic N) is 1. The van der Waals surface area contributed by atoms with Crippen LogP contribution in [0.4, 0.5) is 0 Å². The zero-order valence-electron chi connectivity index (χ0n) is 15.4. The van der Waals surface area contributed by atoms with Crippen LogP contribution in [0.3, 0.4) is 0 Å². The van der Waals surface area contributed by atoms with Crippen LogP contribution in [0, 0.1) is 6.92 Å². The van der Waals surface area contributed by atoms with Crippen LogP contribution in [0.5, 0.6) is 5.75 Å². The number of benzene rings is 3. The molecule has 0 spiro atoms. The topological polar surface area (TPSA) is 67.8 Å². The fourth-order valence-corrected chi connectivity index (χ4v) is 2.64. The van der Waals surface area contributed by atoms with Gasteiger partial charge in [-0.25, -0.2) is 10.2 Å². The second-order valence-corrected chi connectivity index (χ2v) is 6.97. The number of halogens is 2. The third-order valence-electron chi connectivity index (χ3n) is 3.94. The highest BCUT2D eigenvalue weighted by Gasteiger charge is 2.08. The van der Waals surface area contributed by atoms with Gasteiger partial charge in [-0.05, 0) is 67.1 Å². The van der Waals surface area contributed by atoms with Crippen molar-refractivity contribution < 1.29 is 14.3 Å². The highest BCUT2D eigenvalue weighted by Crippen LogP contribution is 2.22. The number of carbonyl (C=O) groups excluding carboxylic acids is 2. The van der Waals surface area contributed by atoms with E-state index < -0.39 is 11.9 Å². The maximum Gasteiger partial charge on any atom is 0.343 e. The number of esters is 1. The minimum atomic E-state index is -0.430. The Balaban J connectivity index is 1.57. The summed E-state index contributed by atoms with van der Waals surface area (Å²) in [5.41, 5.74) is 5.01. The molecule has 0 unspecified atom stereocenters. The van der Waals surface area contributed by atoms with Crippen molar-refractivity contribution >= 4 is 41.3 Å². The van der Waals surface area contributed by atoms with Crippen LogP contribution in [-0.4, -0.2) is 18.1 Å². The highest BCUT2D eigenvalue weighted by atomic mass is 35.5. The predicted octanol–water partition coefficient (Wildman–Crippen LogP) is 5.28. The molecule has 3 aromatic rings. The van der Waals surface area contributed by atoms with Crippen LogP contribution in [0.2, 0.25) is 10.0 Å². The summed E-state index contributed by atoms with van der Waals surface area (Å²) in [5, 5.41) is 4.57. The Bertz CT molecular complexity index is 1060. The molecule has 0 aromatic heterocycles. The van der Waals surface area contributed by atoms with Crippen molar-refractivity contribution in [3.63, 3.8) is 0 Å². The van der Waals surface area contributed by atoms with E-state index in [1.807, 2.05) is 19.1 Å². The summed E-state index contributed by atoms with van der Waals surface area (Å²) >= 11 is 11.7. The Morgan fingerprint density at radius 1 is 0.897 bits per heavy atom. The van der Waals surface area contributed by atoms with Crippen LogP contribution in [0.25, 0.3) is 0 Å². The lowest BCUT2D eigenvalue weighted by Crippen LogP contribution is -2.17. The largest absolute Gasteiger partial charge is 0.423 e. The van der Waals surface area contributed by atoms with E-state index in [1.54, 1.807) is 48.5 Å². The maximum absolute atomic E-state index is 12.1. The second kappa shape index (κ2) is 9.37. The Morgan fingerprint density at radius 3 is 2.21 bits per heavy atom. The highest BCUT2D eigenvalue weighted by molar-refractivity contribution is 6.42. The third kappa shape index (κ3) is 5.67. The summed E-state index contributed by atoms with van der Waals surface area (Å²) in [6.45, 7) is 1.95. The van der Waals surface area contributed by atoms with Gasteiger partial charge in [-0.2, -0.15) is 5.10 Å². The summed E-state index contributed by atoms with van der Waals surface area (Å²) in [6, 6.07) is 18.4. The van der Waals surface area contributed by atoms with Crippen molar-refractivity contribution in [3.05, 3.63) is 99.0 Å². The number of rotatable bonds is 5. The number of carbonyl (C=O) groups is 2. The van der Waals surface area contributed by atoms with Crippen molar-refractivity contribution in [2.45, 2.75) is 6.92 Å². The number of amides is 1. The van der Waals surface area contributed by atoms with Gasteiger partial charge in [-0.1, -0.05) is 40.9 Å². The fraction of sp³-hybridized carbons (Fsp3) is 0.0455. The van der Waals surface area contributed by atoms with Gasteiger partial charge >= 0.3 is 5.97 Å². The van der Waals surface area contributed by atoms with Gasteiger partial charge in [0.15, 0.2) is 0 Å². The van der Waals surface area contributed by atoms with E-state index in [0.29, 0.717) is 26.9 Å². The molecule has 0 fully saturated rings. The first-order valence-electron chi connectivity index (χ1n) is 8.60. The number of nitrogens with one attached hydrogen (secondary N) is 1. The molecule has 0 saturated heterocycles. The lowest BCUT2D eigenvalue weighted by Gasteiger charge is -2.05. The second-order valence-electron chi connectivity index (χ2n) is 6.15. The van der Waals surface area contributed by atoms with Crippen LogP contribution in [-0.2, 0) is 0 Å². The SMILES string of the molecule is Cc1ccc(C(=O)Oc2ccc(/C=N/NC(=O)c3ccc(Cl)c(Cl)c3)cc2)cc1. The van der Waals surface area contributed by atoms with Gasteiger partial charge in [0.25, 0.3) is 5.91 Å². The third-order valence-corrected chi connectivity index (χ3v) is 4.68. The molecular formula is C22H16Cl2N2O3. The first-order valence-corrected chi connectivity index (χ1v) is 9.35. The minimum absolute atomic E-state index is 0.291. The summed E-state index contributed by atoms with van der Waals surface area (Å²) in [4.78, 5) is 24.2. The van der Waals surface area contributed by atoms with Gasteiger partial charge in [-0.15, -0.1) is 0 Å². The quantitative estimate of drug-likeness (QED) is 0.261. The molecule has 7 heteroatoms. The van der Waals surface area contributed by atoms with Gasteiger partial charge in [0.2, 0.25) is 0 Å². The molecule has 0 radical (unpaired) electrons. The molecule has 29 heavy (non-hydrogen) atoms. The first kappa shape index (κ1) is 20.6. The monoisotopic (exact) mass is 426 g/mol. The number of hydrogen-bond donors (Lipinski definition) is 1. The summed E-state index contributed by atoms with van der Waals surface area (Å²) in [7, 11) is 0. The number of hydrazone groups is 1. The van der Waals surface area contributed by atoms with Crippen LogP contribution in [0.1, 0.15) is 31.8 Å². The van der Waals surface area contributed by atoms with Gasteiger partial charge < -0.3 is 4.74 Å². The molecule has 0 aliphatic rings. The van der Waals surface area contributed by atoms with E-state index in [-0.39, 0.29) is 0 Å².